The van der Waals surface area contributed by atoms with Gasteiger partial charge in [0.15, 0.2) is 12.4 Å². The lowest BCUT2D eigenvalue weighted by molar-refractivity contribution is -0.143. The third-order valence-electron chi connectivity index (χ3n) is 4.64. The highest BCUT2D eigenvalue weighted by Crippen LogP contribution is 2.22. The molecule has 1 amide bonds. The molecule has 1 heterocycles. The van der Waals surface area contributed by atoms with Crippen molar-refractivity contribution in [3.05, 3.63) is 59.7 Å². The summed E-state index contributed by atoms with van der Waals surface area (Å²) in [4.78, 5) is 40.4. The molecule has 0 unspecified atom stereocenters. The minimum atomic E-state index is -3.72. The lowest BCUT2D eigenvalue weighted by atomic mass is 10.1. The van der Waals surface area contributed by atoms with Crippen molar-refractivity contribution >= 4 is 39.2 Å². The molecule has 2 N–H and O–H groups in total. The number of esters is 1. The first-order chi connectivity index (χ1) is 15.2. The van der Waals surface area contributed by atoms with Gasteiger partial charge in [0.1, 0.15) is 11.9 Å². The Bertz CT molecular complexity index is 1170. The third kappa shape index (κ3) is 5.38. The van der Waals surface area contributed by atoms with E-state index in [1.54, 1.807) is 30.3 Å². The van der Waals surface area contributed by atoms with Crippen LogP contribution in [0.15, 0.2) is 58.4 Å². The maximum atomic E-state index is 12.3. The van der Waals surface area contributed by atoms with E-state index in [0.29, 0.717) is 23.2 Å². The number of ketones is 1. The van der Waals surface area contributed by atoms with Gasteiger partial charge in [-0.15, -0.1) is 0 Å². The van der Waals surface area contributed by atoms with Crippen molar-refractivity contribution in [2.45, 2.75) is 37.6 Å². The number of rotatable bonds is 8. The summed E-state index contributed by atoms with van der Waals surface area (Å²) >= 11 is 0. The Hall–Kier alpha value is -3.53. The van der Waals surface area contributed by atoms with Gasteiger partial charge in [-0.05, 0) is 49.7 Å². The van der Waals surface area contributed by atoms with Crippen molar-refractivity contribution < 1.29 is 27.5 Å². The normalized spacial score (nSPS) is 16.0. The summed E-state index contributed by atoms with van der Waals surface area (Å²) in [5.41, 5.74) is 1.26. The fraction of sp³-hybridized carbons (Fsp3) is 0.273. The average Bonchev–Trinajstić information content (AvgIpc) is 3.02. The van der Waals surface area contributed by atoms with Crippen molar-refractivity contribution in [1.82, 2.24) is 4.72 Å². The molecular weight excluding hydrogens is 434 g/mol. The smallest absolute Gasteiger partial charge is 0.331 e. The largest absolute Gasteiger partial charge is 0.456 e. The van der Waals surface area contributed by atoms with E-state index in [1.165, 1.54) is 25.1 Å². The summed E-state index contributed by atoms with van der Waals surface area (Å²) < 4.78 is 31.6. The fourth-order valence-electron chi connectivity index (χ4n) is 3.01. The van der Waals surface area contributed by atoms with Crippen LogP contribution in [-0.2, 0) is 24.3 Å². The fourth-order valence-corrected chi connectivity index (χ4v) is 4.25. The van der Waals surface area contributed by atoms with Gasteiger partial charge in [-0.3, -0.25) is 19.3 Å². The highest BCUT2D eigenvalue weighted by molar-refractivity contribution is 7.90. The molecule has 2 aromatic rings. The van der Waals surface area contributed by atoms with Crippen molar-refractivity contribution in [2.75, 3.05) is 11.9 Å². The standard InChI is InChI=1S/C22H23N3O6S/c1-3-6-20(27)24-16-11-9-15(10-12-16)18(26)13-31-22(28)14(2)23-21-17-7-4-5-8-19(17)32(29,30)25-21/h4-5,7-12,14H,3,6,13H2,1-2H3,(H,23,25)(H,24,27)/t14-/m0/s1. The Morgan fingerprint density at radius 1 is 1.09 bits per heavy atom. The van der Waals surface area contributed by atoms with E-state index < -0.39 is 34.4 Å². The molecule has 0 saturated heterocycles. The van der Waals surface area contributed by atoms with E-state index in [0.717, 1.165) is 6.42 Å². The molecule has 1 aliphatic heterocycles. The summed E-state index contributed by atoms with van der Waals surface area (Å²) in [6, 6.07) is 11.5. The number of ether oxygens (including phenoxy) is 1. The third-order valence-corrected chi connectivity index (χ3v) is 6.04. The predicted molar refractivity (Wildman–Crippen MR) is 118 cm³/mol. The Balaban J connectivity index is 1.58. The summed E-state index contributed by atoms with van der Waals surface area (Å²) in [7, 11) is -3.72. The number of amidine groups is 1. The van der Waals surface area contributed by atoms with Crippen LogP contribution >= 0.6 is 0 Å². The van der Waals surface area contributed by atoms with Gasteiger partial charge in [0.2, 0.25) is 5.91 Å². The first kappa shape index (κ1) is 23.1. The highest BCUT2D eigenvalue weighted by Gasteiger charge is 2.31. The number of nitrogens with one attached hydrogen (secondary N) is 2. The van der Waals surface area contributed by atoms with Gasteiger partial charge in [0, 0.05) is 23.2 Å². The number of amides is 1. The second kappa shape index (κ2) is 9.73. The van der Waals surface area contributed by atoms with Crippen LogP contribution in [0.5, 0.6) is 0 Å². The minimum absolute atomic E-state index is 0.0529. The second-order valence-electron chi connectivity index (χ2n) is 7.16. The molecule has 0 radical (unpaired) electrons. The van der Waals surface area contributed by atoms with E-state index in [-0.39, 0.29) is 16.6 Å². The van der Waals surface area contributed by atoms with Gasteiger partial charge in [0.05, 0.1) is 4.90 Å². The number of hydrogen-bond acceptors (Lipinski definition) is 7. The SMILES string of the molecule is CCCC(=O)Nc1ccc(C(=O)COC(=O)[C@H](C)N=C2NS(=O)(=O)c3ccccc32)cc1. The Morgan fingerprint density at radius 3 is 2.47 bits per heavy atom. The molecule has 10 heteroatoms. The first-order valence-corrected chi connectivity index (χ1v) is 11.5. The number of anilines is 1. The molecule has 3 rings (SSSR count). The van der Waals surface area contributed by atoms with Gasteiger partial charge in [-0.1, -0.05) is 19.1 Å². The molecule has 0 saturated carbocycles. The number of Topliss-reactive ketones (excluding diaryl/α,β-unsaturated/α-hetero) is 1. The van der Waals surface area contributed by atoms with E-state index in [1.807, 2.05) is 6.92 Å². The van der Waals surface area contributed by atoms with Crippen molar-refractivity contribution in [3.63, 3.8) is 0 Å². The van der Waals surface area contributed by atoms with E-state index >= 15 is 0 Å². The maximum Gasteiger partial charge on any atom is 0.331 e. The molecule has 0 bridgehead atoms. The molecule has 0 fully saturated rings. The molecule has 32 heavy (non-hydrogen) atoms. The van der Waals surface area contributed by atoms with Gasteiger partial charge in [-0.25, -0.2) is 13.2 Å². The number of fused-ring (bicyclic) bond motifs is 1. The van der Waals surface area contributed by atoms with E-state index in [9.17, 15) is 22.8 Å². The van der Waals surface area contributed by atoms with Crippen molar-refractivity contribution in [1.29, 1.82) is 0 Å². The number of benzene rings is 2. The first-order valence-electron chi connectivity index (χ1n) is 10.0. The van der Waals surface area contributed by atoms with Crippen LogP contribution in [0, 0.1) is 0 Å². The molecule has 2 aromatic carbocycles. The van der Waals surface area contributed by atoms with Gasteiger partial charge >= 0.3 is 5.97 Å². The average molecular weight is 458 g/mol. The lowest BCUT2D eigenvalue weighted by Gasteiger charge is -2.09. The Morgan fingerprint density at radius 2 is 1.78 bits per heavy atom. The topological polar surface area (TPSA) is 131 Å². The molecule has 168 valence electrons. The molecule has 9 nitrogen and oxygen atoms in total. The lowest BCUT2D eigenvalue weighted by Crippen LogP contribution is -2.27. The van der Waals surface area contributed by atoms with Crippen molar-refractivity contribution in [2.24, 2.45) is 4.99 Å². The molecule has 0 aliphatic carbocycles. The summed E-state index contributed by atoms with van der Waals surface area (Å²) in [6.07, 6.45) is 1.14. The van der Waals surface area contributed by atoms with Crippen LogP contribution in [0.2, 0.25) is 0 Å². The van der Waals surface area contributed by atoms with Crippen LogP contribution in [0.1, 0.15) is 42.6 Å². The summed E-state index contributed by atoms with van der Waals surface area (Å²) in [5, 5.41) is 2.72. The molecule has 1 aliphatic rings. The van der Waals surface area contributed by atoms with Crippen molar-refractivity contribution in [3.8, 4) is 0 Å². The van der Waals surface area contributed by atoms with Crippen LogP contribution < -0.4 is 10.0 Å². The Labute approximate surface area is 185 Å². The molecule has 0 spiro atoms. The van der Waals surface area contributed by atoms with Gasteiger partial charge in [-0.2, -0.15) is 0 Å². The van der Waals surface area contributed by atoms with Crippen LogP contribution in [0.25, 0.3) is 0 Å². The van der Waals surface area contributed by atoms with Gasteiger partial charge < -0.3 is 10.1 Å². The van der Waals surface area contributed by atoms with E-state index in [2.05, 4.69) is 15.0 Å². The zero-order chi connectivity index (χ0) is 23.3. The monoisotopic (exact) mass is 457 g/mol. The predicted octanol–water partition coefficient (Wildman–Crippen LogP) is 2.28. The summed E-state index contributed by atoms with van der Waals surface area (Å²) in [5.74, 6) is -1.24. The number of carbonyl (C=O) groups excluding carboxylic acids is 3. The molecule has 0 aromatic heterocycles. The number of nitrogens with zero attached hydrogens (tertiary/aromatic N) is 1. The molecule has 1 atom stereocenters. The van der Waals surface area contributed by atoms with Crippen LogP contribution in [0.4, 0.5) is 5.69 Å². The maximum absolute atomic E-state index is 12.3. The number of sulfonamides is 1. The van der Waals surface area contributed by atoms with Crippen LogP contribution in [0.3, 0.4) is 0 Å². The number of carbonyl (C=O) groups is 3. The number of aliphatic imine (C=N–C) groups is 1. The zero-order valence-corrected chi connectivity index (χ0v) is 18.4. The molecular formula is C22H23N3O6S. The van der Waals surface area contributed by atoms with Gasteiger partial charge in [0.25, 0.3) is 10.0 Å². The second-order valence-corrected chi connectivity index (χ2v) is 8.81. The Kier molecular flexibility index (Phi) is 7.04. The number of hydrogen-bond donors (Lipinski definition) is 2. The summed E-state index contributed by atoms with van der Waals surface area (Å²) in [6.45, 7) is 2.86. The zero-order valence-electron chi connectivity index (χ0n) is 17.6. The quantitative estimate of drug-likeness (QED) is 0.462. The minimum Gasteiger partial charge on any atom is -0.456 e. The van der Waals surface area contributed by atoms with Crippen LogP contribution in [-0.4, -0.2) is 44.6 Å². The highest BCUT2D eigenvalue weighted by atomic mass is 32.2. The van der Waals surface area contributed by atoms with E-state index in [4.69, 9.17) is 4.74 Å².